The number of ether oxygens (including phenoxy) is 6. The Morgan fingerprint density at radius 1 is 1.00 bits per heavy atom. The Kier molecular flexibility index (Phi) is 9.16. The van der Waals surface area contributed by atoms with Crippen molar-refractivity contribution >= 4 is 6.29 Å². The lowest BCUT2D eigenvalue weighted by Gasteiger charge is -2.40. The average molecular weight is 545 g/mol. The number of benzene rings is 1. The number of methoxy groups -OCH3 is 2. The predicted molar refractivity (Wildman–Crippen MR) is 145 cm³/mol. The molecule has 1 aromatic carbocycles. The van der Waals surface area contributed by atoms with Gasteiger partial charge in [-0.3, -0.25) is 0 Å². The number of rotatable bonds is 10. The van der Waals surface area contributed by atoms with Gasteiger partial charge >= 0.3 is 0 Å². The molecular formula is C31H44O8. The van der Waals surface area contributed by atoms with Gasteiger partial charge in [0.25, 0.3) is 0 Å². The number of fused-ring (bicyclic) bond motifs is 1. The first-order valence-corrected chi connectivity index (χ1v) is 14.6. The van der Waals surface area contributed by atoms with Gasteiger partial charge < -0.3 is 38.3 Å². The van der Waals surface area contributed by atoms with Crippen LogP contribution in [0.1, 0.15) is 88.2 Å². The number of aryl methyl sites for hydroxylation is 1. The van der Waals surface area contributed by atoms with Crippen molar-refractivity contribution in [3.8, 4) is 11.5 Å². The normalized spacial score (nSPS) is 33.3. The van der Waals surface area contributed by atoms with Crippen molar-refractivity contribution in [3.63, 3.8) is 0 Å². The highest BCUT2D eigenvalue weighted by Crippen LogP contribution is 2.51. The van der Waals surface area contributed by atoms with Crippen molar-refractivity contribution in [2.24, 2.45) is 5.92 Å². The number of aldehydes is 1. The summed E-state index contributed by atoms with van der Waals surface area (Å²) >= 11 is 0. The summed E-state index contributed by atoms with van der Waals surface area (Å²) < 4.78 is 37.0. The Labute approximate surface area is 231 Å². The van der Waals surface area contributed by atoms with Crippen molar-refractivity contribution in [2.45, 2.75) is 108 Å². The van der Waals surface area contributed by atoms with Gasteiger partial charge in [-0.1, -0.05) is 0 Å². The Hall–Kier alpha value is -2.13. The third kappa shape index (κ3) is 5.99. The van der Waals surface area contributed by atoms with Gasteiger partial charge in [-0.15, -0.1) is 0 Å². The van der Waals surface area contributed by atoms with Crippen LogP contribution >= 0.6 is 0 Å². The fourth-order valence-corrected chi connectivity index (χ4v) is 6.94. The zero-order valence-corrected chi connectivity index (χ0v) is 23.6. The maximum atomic E-state index is 11.5. The summed E-state index contributed by atoms with van der Waals surface area (Å²) in [6.07, 6.45) is 8.17. The lowest BCUT2D eigenvalue weighted by Crippen LogP contribution is -2.42. The van der Waals surface area contributed by atoms with E-state index in [2.05, 4.69) is 19.1 Å². The first kappa shape index (κ1) is 28.4. The van der Waals surface area contributed by atoms with Gasteiger partial charge in [-0.05, 0) is 93.0 Å². The maximum absolute atomic E-state index is 11.5. The Morgan fingerprint density at radius 2 is 1.69 bits per heavy atom. The van der Waals surface area contributed by atoms with Gasteiger partial charge in [-0.2, -0.15) is 0 Å². The molecule has 1 saturated carbocycles. The quantitative estimate of drug-likeness (QED) is 0.318. The fraction of sp³-hybridized carbons (Fsp3) is 0.710. The van der Waals surface area contributed by atoms with Crippen LogP contribution in [-0.4, -0.2) is 63.1 Å². The van der Waals surface area contributed by atoms with Crippen LogP contribution in [0.2, 0.25) is 0 Å². The van der Waals surface area contributed by atoms with Gasteiger partial charge in [0, 0.05) is 31.8 Å². The number of hydrogen-bond donors (Lipinski definition) is 1. The second-order valence-corrected chi connectivity index (χ2v) is 11.5. The van der Waals surface area contributed by atoms with Gasteiger partial charge in [0.05, 0.1) is 26.9 Å². The molecule has 2 aliphatic carbocycles. The largest absolute Gasteiger partial charge is 0.493 e. The van der Waals surface area contributed by atoms with Crippen LogP contribution in [0.3, 0.4) is 0 Å². The summed E-state index contributed by atoms with van der Waals surface area (Å²) in [5.41, 5.74) is 2.60. The van der Waals surface area contributed by atoms with Crippen LogP contribution in [0.15, 0.2) is 23.5 Å². The van der Waals surface area contributed by atoms with E-state index in [0.717, 1.165) is 74.7 Å². The maximum Gasteiger partial charge on any atom is 0.199 e. The predicted octanol–water partition coefficient (Wildman–Crippen LogP) is 5.19. The van der Waals surface area contributed by atoms with E-state index in [-0.39, 0.29) is 30.8 Å². The third-order valence-corrected chi connectivity index (χ3v) is 8.97. The van der Waals surface area contributed by atoms with E-state index in [1.807, 2.05) is 0 Å². The van der Waals surface area contributed by atoms with Crippen molar-refractivity contribution in [2.75, 3.05) is 27.4 Å². The minimum absolute atomic E-state index is 0.0911. The SMILES string of the molecule is COc1cc2c(cc1OC)C(C(C)=C(O[C@@H]1CCCCO1)[C@]1(OC3CCCCO3)C[C@H](CC=O)[C@H](O)C1)CC2. The van der Waals surface area contributed by atoms with Crippen LogP contribution < -0.4 is 9.47 Å². The molecule has 5 rings (SSSR count). The fourth-order valence-electron chi connectivity index (χ4n) is 6.94. The molecule has 3 fully saturated rings. The van der Waals surface area contributed by atoms with E-state index >= 15 is 0 Å². The lowest BCUT2D eigenvalue weighted by molar-refractivity contribution is -0.237. The molecule has 4 aliphatic rings. The molecule has 8 nitrogen and oxygen atoms in total. The van der Waals surface area contributed by atoms with Crippen molar-refractivity contribution in [1.82, 2.24) is 0 Å². The van der Waals surface area contributed by atoms with Crippen LogP contribution in [0.5, 0.6) is 11.5 Å². The monoisotopic (exact) mass is 544 g/mol. The molecule has 2 unspecified atom stereocenters. The molecule has 8 heteroatoms. The lowest BCUT2D eigenvalue weighted by atomic mass is 9.86. The molecule has 2 aliphatic heterocycles. The Balaban J connectivity index is 1.58. The van der Waals surface area contributed by atoms with E-state index in [1.165, 1.54) is 11.1 Å². The van der Waals surface area contributed by atoms with Crippen LogP contribution in [0, 0.1) is 5.92 Å². The molecule has 6 atom stereocenters. The Bertz CT molecular complexity index is 1030. The number of allylic oxidation sites excluding steroid dienone is 1. The highest BCUT2D eigenvalue weighted by molar-refractivity contribution is 5.53. The number of aliphatic hydroxyl groups is 1. The topological polar surface area (TPSA) is 92.7 Å². The first-order chi connectivity index (χ1) is 19.0. The van der Waals surface area contributed by atoms with E-state index in [9.17, 15) is 9.90 Å². The van der Waals surface area contributed by atoms with Gasteiger partial charge in [0.1, 0.15) is 17.6 Å². The van der Waals surface area contributed by atoms with E-state index < -0.39 is 11.7 Å². The molecule has 2 saturated heterocycles. The highest BCUT2D eigenvalue weighted by atomic mass is 16.7. The highest BCUT2D eigenvalue weighted by Gasteiger charge is 2.52. The van der Waals surface area contributed by atoms with Crippen molar-refractivity contribution in [3.05, 3.63) is 34.6 Å². The number of carbonyl (C=O) groups excluding carboxylic acids is 1. The summed E-state index contributed by atoms with van der Waals surface area (Å²) in [5.74, 6) is 2.07. The van der Waals surface area contributed by atoms with Gasteiger partial charge in [0.2, 0.25) is 0 Å². The summed E-state index contributed by atoms with van der Waals surface area (Å²) in [7, 11) is 3.32. The van der Waals surface area contributed by atoms with Crippen molar-refractivity contribution in [1.29, 1.82) is 0 Å². The smallest absolute Gasteiger partial charge is 0.199 e. The summed E-state index contributed by atoms with van der Waals surface area (Å²) in [6, 6.07) is 4.16. The summed E-state index contributed by atoms with van der Waals surface area (Å²) in [5, 5.41) is 11.2. The molecule has 216 valence electrons. The molecule has 1 N–H and O–H groups in total. The molecule has 1 aromatic rings. The third-order valence-electron chi connectivity index (χ3n) is 8.97. The van der Waals surface area contributed by atoms with Gasteiger partial charge in [0.15, 0.2) is 24.1 Å². The molecule has 0 amide bonds. The minimum atomic E-state index is -0.903. The van der Waals surface area contributed by atoms with E-state index in [0.29, 0.717) is 31.8 Å². The minimum Gasteiger partial charge on any atom is -0.493 e. The molecule has 0 radical (unpaired) electrons. The second-order valence-electron chi connectivity index (χ2n) is 11.5. The van der Waals surface area contributed by atoms with Crippen LogP contribution in [0.25, 0.3) is 0 Å². The molecule has 39 heavy (non-hydrogen) atoms. The molecule has 0 aromatic heterocycles. The average Bonchev–Trinajstić information content (AvgIpc) is 3.52. The van der Waals surface area contributed by atoms with Crippen LogP contribution in [0.4, 0.5) is 0 Å². The number of carbonyl (C=O) groups is 1. The molecule has 0 spiro atoms. The van der Waals surface area contributed by atoms with Gasteiger partial charge in [-0.25, -0.2) is 0 Å². The van der Waals surface area contributed by atoms with E-state index in [4.69, 9.17) is 28.4 Å². The summed E-state index contributed by atoms with van der Waals surface area (Å²) in [4.78, 5) is 11.5. The van der Waals surface area contributed by atoms with Crippen LogP contribution in [-0.2, 0) is 30.2 Å². The number of aliphatic hydroxyl groups excluding tert-OH is 1. The standard InChI is InChI=1S/C31H44O8/c1-20(23-11-10-21-16-26(34-2)27(35-3)17-24(21)23)30(38-28-8-4-6-14-36-28)31(39-29-9-5-7-15-37-29)18-22(12-13-32)25(33)19-31/h13,16-17,22-23,25,28-29,33H,4-12,14-15,18-19H2,1-3H3/t22-,23?,25+,28+,29?,31-/m0/s1. The second kappa shape index (κ2) is 12.6. The van der Waals surface area contributed by atoms with Crippen molar-refractivity contribution < 1.29 is 38.3 Å². The van der Waals surface area contributed by atoms with E-state index in [1.54, 1.807) is 14.2 Å². The Morgan fingerprint density at radius 3 is 2.33 bits per heavy atom. The number of hydrogen-bond acceptors (Lipinski definition) is 8. The molecular weight excluding hydrogens is 500 g/mol. The molecule has 0 bridgehead atoms. The zero-order valence-electron chi connectivity index (χ0n) is 23.6. The zero-order chi connectivity index (χ0) is 27.4. The summed E-state index contributed by atoms with van der Waals surface area (Å²) in [6.45, 7) is 3.44. The molecule has 2 heterocycles. The first-order valence-electron chi connectivity index (χ1n) is 14.6.